The van der Waals surface area contributed by atoms with Gasteiger partial charge in [-0.05, 0) is 43.1 Å². The normalized spacial score (nSPS) is 13.9. The third-order valence-corrected chi connectivity index (χ3v) is 3.93. The summed E-state index contributed by atoms with van der Waals surface area (Å²) in [5.41, 5.74) is 7.36. The summed E-state index contributed by atoms with van der Waals surface area (Å²) in [5, 5.41) is 0. The highest BCUT2D eigenvalue weighted by molar-refractivity contribution is 9.10. The van der Waals surface area contributed by atoms with Gasteiger partial charge in [0.05, 0.1) is 0 Å². The molecule has 1 unspecified atom stereocenters. The van der Waals surface area contributed by atoms with Crippen LogP contribution in [0.15, 0.2) is 28.7 Å². The van der Waals surface area contributed by atoms with E-state index in [1.54, 1.807) is 0 Å². The van der Waals surface area contributed by atoms with E-state index in [1.165, 1.54) is 5.56 Å². The standard InChI is InChI=1S/C15H25BrN2/c1-5-14(12-6-8-13(16)9-7-12)18(4)11-15(2,3)10-17/h6-9,14H,5,10-11,17H2,1-4H3. The molecule has 0 fully saturated rings. The van der Waals surface area contributed by atoms with Crippen LogP contribution in [0.1, 0.15) is 38.8 Å². The van der Waals surface area contributed by atoms with Gasteiger partial charge in [0, 0.05) is 17.1 Å². The second-order valence-corrected chi connectivity index (χ2v) is 6.67. The average molecular weight is 313 g/mol. The molecule has 0 saturated carbocycles. The minimum atomic E-state index is 0.164. The lowest BCUT2D eigenvalue weighted by atomic mass is 9.91. The van der Waals surface area contributed by atoms with Crippen molar-refractivity contribution in [2.24, 2.45) is 11.1 Å². The third kappa shape index (κ3) is 4.38. The lowest BCUT2D eigenvalue weighted by Gasteiger charge is -2.34. The molecule has 0 aliphatic heterocycles. The summed E-state index contributed by atoms with van der Waals surface area (Å²) in [7, 11) is 2.19. The molecule has 0 saturated heterocycles. The number of rotatable bonds is 6. The SMILES string of the molecule is CCC(c1ccc(Br)cc1)N(C)CC(C)(C)CN. The summed E-state index contributed by atoms with van der Waals surface area (Å²) in [6, 6.07) is 9.08. The Morgan fingerprint density at radius 2 is 1.83 bits per heavy atom. The average Bonchev–Trinajstić information content (AvgIpc) is 2.32. The Morgan fingerprint density at radius 3 is 2.28 bits per heavy atom. The van der Waals surface area contributed by atoms with Crippen LogP contribution in [0.25, 0.3) is 0 Å². The molecule has 18 heavy (non-hydrogen) atoms. The fourth-order valence-electron chi connectivity index (χ4n) is 2.34. The zero-order valence-electron chi connectivity index (χ0n) is 11.9. The van der Waals surface area contributed by atoms with Crippen molar-refractivity contribution in [1.29, 1.82) is 0 Å². The number of nitrogens with zero attached hydrogens (tertiary/aromatic N) is 1. The predicted molar refractivity (Wildman–Crippen MR) is 82.6 cm³/mol. The Labute approximate surface area is 120 Å². The number of nitrogens with two attached hydrogens (primary N) is 1. The molecule has 0 aliphatic carbocycles. The summed E-state index contributed by atoms with van der Waals surface area (Å²) in [6.45, 7) is 8.40. The van der Waals surface area contributed by atoms with Crippen LogP contribution >= 0.6 is 15.9 Å². The van der Waals surface area contributed by atoms with E-state index in [2.05, 4.69) is 72.9 Å². The maximum absolute atomic E-state index is 5.82. The molecule has 0 amide bonds. The summed E-state index contributed by atoms with van der Waals surface area (Å²) in [4.78, 5) is 2.41. The lowest BCUT2D eigenvalue weighted by molar-refractivity contribution is 0.161. The highest BCUT2D eigenvalue weighted by atomic mass is 79.9. The van der Waals surface area contributed by atoms with Gasteiger partial charge in [0.25, 0.3) is 0 Å². The fraction of sp³-hybridized carbons (Fsp3) is 0.600. The Bertz CT molecular complexity index is 359. The molecular weight excluding hydrogens is 288 g/mol. The lowest BCUT2D eigenvalue weighted by Crippen LogP contribution is -2.38. The summed E-state index contributed by atoms with van der Waals surface area (Å²) in [5.74, 6) is 0. The first-order valence-electron chi connectivity index (χ1n) is 6.55. The third-order valence-electron chi connectivity index (χ3n) is 3.40. The highest BCUT2D eigenvalue weighted by Gasteiger charge is 2.23. The van der Waals surface area contributed by atoms with Gasteiger partial charge in [-0.2, -0.15) is 0 Å². The van der Waals surface area contributed by atoms with Crippen molar-refractivity contribution < 1.29 is 0 Å². The van der Waals surface area contributed by atoms with Gasteiger partial charge in [0.1, 0.15) is 0 Å². The molecule has 102 valence electrons. The molecule has 0 spiro atoms. The van der Waals surface area contributed by atoms with E-state index in [4.69, 9.17) is 5.73 Å². The Hall–Kier alpha value is -0.380. The first-order chi connectivity index (χ1) is 8.39. The number of halogens is 1. The first kappa shape index (κ1) is 15.7. The van der Waals surface area contributed by atoms with Gasteiger partial charge in [0.15, 0.2) is 0 Å². The largest absolute Gasteiger partial charge is 0.330 e. The molecule has 1 aromatic carbocycles. The molecule has 1 atom stereocenters. The molecule has 2 nitrogen and oxygen atoms in total. The van der Waals surface area contributed by atoms with Gasteiger partial charge in [-0.15, -0.1) is 0 Å². The molecule has 0 aliphatic rings. The highest BCUT2D eigenvalue weighted by Crippen LogP contribution is 2.27. The number of benzene rings is 1. The molecule has 0 bridgehead atoms. The monoisotopic (exact) mass is 312 g/mol. The van der Waals surface area contributed by atoms with Crippen LogP contribution in [0.4, 0.5) is 0 Å². The molecule has 0 radical (unpaired) electrons. The molecular formula is C15H25BrN2. The van der Waals surface area contributed by atoms with Crippen LogP contribution in [0, 0.1) is 5.41 Å². The minimum absolute atomic E-state index is 0.164. The van der Waals surface area contributed by atoms with E-state index in [-0.39, 0.29) is 5.41 Å². The first-order valence-corrected chi connectivity index (χ1v) is 7.34. The molecule has 3 heteroatoms. The maximum atomic E-state index is 5.82. The van der Waals surface area contributed by atoms with Crippen molar-refractivity contribution >= 4 is 15.9 Å². The van der Waals surface area contributed by atoms with Crippen LogP contribution in [-0.2, 0) is 0 Å². The van der Waals surface area contributed by atoms with E-state index >= 15 is 0 Å². The van der Waals surface area contributed by atoms with Gasteiger partial charge in [0.2, 0.25) is 0 Å². The summed E-state index contributed by atoms with van der Waals surface area (Å²) < 4.78 is 1.13. The van der Waals surface area contributed by atoms with Crippen LogP contribution < -0.4 is 5.73 Å². The van der Waals surface area contributed by atoms with E-state index in [0.29, 0.717) is 12.6 Å². The molecule has 1 aromatic rings. The van der Waals surface area contributed by atoms with Crippen LogP contribution in [0.3, 0.4) is 0 Å². The van der Waals surface area contributed by atoms with Crippen molar-refractivity contribution in [2.45, 2.75) is 33.2 Å². The van der Waals surface area contributed by atoms with Gasteiger partial charge >= 0.3 is 0 Å². The van der Waals surface area contributed by atoms with Crippen molar-refractivity contribution in [2.75, 3.05) is 20.1 Å². The zero-order valence-corrected chi connectivity index (χ0v) is 13.5. The second-order valence-electron chi connectivity index (χ2n) is 5.76. The predicted octanol–water partition coefficient (Wildman–Crippen LogP) is 3.82. The molecule has 0 aromatic heterocycles. The van der Waals surface area contributed by atoms with Crippen molar-refractivity contribution in [3.63, 3.8) is 0 Å². The van der Waals surface area contributed by atoms with E-state index in [0.717, 1.165) is 17.4 Å². The van der Waals surface area contributed by atoms with Crippen LogP contribution in [0.2, 0.25) is 0 Å². The summed E-state index contributed by atoms with van der Waals surface area (Å²) in [6.07, 6.45) is 1.11. The molecule has 1 rings (SSSR count). The van der Waals surface area contributed by atoms with E-state index < -0.39 is 0 Å². The maximum Gasteiger partial charge on any atom is 0.0342 e. The van der Waals surface area contributed by atoms with Gasteiger partial charge in [-0.3, -0.25) is 4.90 Å². The van der Waals surface area contributed by atoms with Crippen LogP contribution in [0.5, 0.6) is 0 Å². The minimum Gasteiger partial charge on any atom is -0.330 e. The van der Waals surface area contributed by atoms with Gasteiger partial charge in [-0.1, -0.05) is 48.8 Å². The van der Waals surface area contributed by atoms with E-state index in [9.17, 15) is 0 Å². The van der Waals surface area contributed by atoms with Gasteiger partial charge in [-0.25, -0.2) is 0 Å². The van der Waals surface area contributed by atoms with E-state index in [1.807, 2.05) is 0 Å². The Balaban J connectivity index is 2.80. The number of hydrogen-bond acceptors (Lipinski definition) is 2. The Morgan fingerprint density at radius 1 is 1.28 bits per heavy atom. The fourth-order valence-corrected chi connectivity index (χ4v) is 2.60. The zero-order chi connectivity index (χ0) is 13.8. The Kier molecular flexibility index (Phi) is 5.83. The van der Waals surface area contributed by atoms with Crippen molar-refractivity contribution in [1.82, 2.24) is 4.90 Å². The van der Waals surface area contributed by atoms with Crippen molar-refractivity contribution in [3.8, 4) is 0 Å². The molecule has 0 heterocycles. The van der Waals surface area contributed by atoms with Crippen molar-refractivity contribution in [3.05, 3.63) is 34.3 Å². The smallest absolute Gasteiger partial charge is 0.0342 e. The molecule has 2 N–H and O–H groups in total. The van der Waals surface area contributed by atoms with Crippen LogP contribution in [-0.4, -0.2) is 25.0 Å². The number of hydrogen-bond donors (Lipinski definition) is 1. The van der Waals surface area contributed by atoms with Gasteiger partial charge < -0.3 is 5.73 Å². The second kappa shape index (κ2) is 6.69. The summed E-state index contributed by atoms with van der Waals surface area (Å²) >= 11 is 3.48. The quantitative estimate of drug-likeness (QED) is 0.865. The topological polar surface area (TPSA) is 29.3 Å².